The van der Waals surface area contributed by atoms with Crippen LogP contribution in [0.2, 0.25) is 0 Å². The van der Waals surface area contributed by atoms with E-state index in [4.69, 9.17) is 18.9 Å². The van der Waals surface area contributed by atoms with Crippen molar-refractivity contribution in [3.8, 4) is 5.75 Å². The van der Waals surface area contributed by atoms with E-state index in [9.17, 15) is 18.0 Å². The maximum Gasteiger partial charge on any atom is 0.414 e. The number of halogens is 3. The molecule has 0 N–H and O–H groups in total. The quantitative estimate of drug-likeness (QED) is 0.557. The van der Waals surface area contributed by atoms with Crippen LogP contribution in [0.4, 0.5) is 23.7 Å². The van der Waals surface area contributed by atoms with Gasteiger partial charge in [-0.25, -0.2) is 4.79 Å². The number of methoxy groups -OCH3 is 1. The molecule has 7 nitrogen and oxygen atoms in total. The van der Waals surface area contributed by atoms with Crippen LogP contribution in [0.5, 0.6) is 5.75 Å². The van der Waals surface area contributed by atoms with Crippen LogP contribution >= 0.6 is 0 Å². The molecule has 1 aliphatic heterocycles. The Balaban J connectivity index is 1.50. The van der Waals surface area contributed by atoms with Crippen molar-refractivity contribution in [2.24, 2.45) is 0 Å². The first kappa shape index (κ1) is 22.8. The second kappa shape index (κ2) is 10.5. The van der Waals surface area contributed by atoms with Crippen molar-refractivity contribution in [3.63, 3.8) is 0 Å². The summed E-state index contributed by atoms with van der Waals surface area (Å²) in [7, 11) is 1.52. The summed E-state index contributed by atoms with van der Waals surface area (Å²) in [5.41, 5.74) is 1.02. The zero-order valence-electron chi connectivity index (χ0n) is 16.9. The molecule has 1 aromatic heterocycles. The van der Waals surface area contributed by atoms with E-state index in [0.29, 0.717) is 30.3 Å². The molecule has 0 spiro atoms. The van der Waals surface area contributed by atoms with E-state index in [1.165, 1.54) is 18.2 Å². The lowest BCUT2D eigenvalue weighted by Gasteiger charge is -2.21. The first-order valence-corrected chi connectivity index (χ1v) is 9.65. The van der Waals surface area contributed by atoms with Gasteiger partial charge < -0.3 is 18.9 Å². The van der Waals surface area contributed by atoms with Crippen molar-refractivity contribution in [2.75, 3.05) is 31.8 Å². The number of ether oxygens (including phenoxy) is 4. The molecule has 2 heterocycles. The second-order valence-corrected chi connectivity index (χ2v) is 6.87. The lowest BCUT2D eigenvalue weighted by molar-refractivity contribution is -0.227. The monoisotopic (exact) mass is 440 g/mol. The number of aromatic nitrogens is 1. The molecule has 1 fully saturated rings. The molecule has 31 heavy (non-hydrogen) atoms. The Morgan fingerprint density at radius 1 is 1.23 bits per heavy atom. The Morgan fingerprint density at radius 3 is 2.65 bits per heavy atom. The van der Waals surface area contributed by atoms with Gasteiger partial charge in [-0.15, -0.1) is 0 Å². The van der Waals surface area contributed by atoms with Crippen LogP contribution in [0.1, 0.15) is 12.1 Å². The van der Waals surface area contributed by atoms with Gasteiger partial charge in [0.15, 0.2) is 6.10 Å². The smallest absolute Gasteiger partial charge is 0.414 e. The number of carbonyl (C=O) groups excluding carboxylic acids is 1. The molecule has 2 atom stereocenters. The first-order chi connectivity index (χ1) is 14.9. The van der Waals surface area contributed by atoms with Gasteiger partial charge in [-0.2, -0.15) is 13.2 Å². The standard InChI is InChI=1S/C21H23F3N2O5/c1-28-14-18-12-26(20(27)31-18)16-5-7-17(8-6-16)29-11-9-19(21(22,23)24)30-13-15-4-2-3-10-25-15/h2-8,10,18-19H,9,11-14H2,1H3/t18-,19-/m1/s1. The van der Waals surface area contributed by atoms with Crippen molar-refractivity contribution in [1.82, 2.24) is 4.98 Å². The van der Waals surface area contributed by atoms with Gasteiger partial charge in [0.25, 0.3) is 0 Å². The minimum atomic E-state index is -4.52. The fraction of sp³-hybridized carbons (Fsp3) is 0.429. The minimum absolute atomic E-state index is 0.187. The van der Waals surface area contributed by atoms with E-state index in [2.05, 4.69) is 4.98 Å². The number of hydrogen-bond acceptors (Lipinski definition) is 6. The first-order valence-electron chi connectivity index (χ1n) is 9.65. The van der Waals surface area contributed by atoms with Crippen molar-refractivity contribution in [1.29, 1.82) is 0 Å². The summed E-state index contributed by atoms with van der Waals surface area (Å²) in [6.45, 7) is 0.225. The van der Waals surface area contributed by atoms with Crippen LogP contribution in [0, 0.1) is 0 Å². The van der Waals surface area contributed by atoms with Gasteiger partial charge in [0, 0.05) is 25.4 Å². The fourth-order valence-electron chi connectivity index (χ4n) is 3.02. The van der Waals surface area contributed by atoms with Crippen molar-refractivity contribution >= 4 is 11.8 Å². The Bertz CT molecular complexity index is 833. The average molecular weight is 440 g/mol. The summed E-state index contributed by atoms with van der Waals surface area (Å²) in [5, 5.41) is 0. The summed E-state index contributed by atoms with van der Waals surface area (Å²) in [6.07, 6.45) is -6.18. The number of anilines is 1. The van der Waals surface area contributed by atoms with Crippen molar-refractivity contribution in [2.45, 2.75) is 31.4 Å². The van der Waals surface area contributed by atoms with Crippen LogP contribution < -0.4 is 9.64 Å². The number of rotatable bonds is 10. The molecular weight excluding hydrogens is 417 g/mol. The molecule has 3 rings (SSSR count). The number of hydrogen-bond donors (Lipinski definition) is 0. The lowest BCUT2D eigenvalue weighted by Crippen LogP contribution is -2.33. The number of nitrogens with zero attached hydrogens (tertiary/aromatic N) is 2. The molecule has 1 aromatic carbocycles. The second-order valence-electron chi connectivity index (χ2n) is 6.87. The zero-order chi connectivity index (χ0) is 22.3. The maximum absolute atomic E-state index is 13.2. The maximum atomic E-state index is 13.2. The topological polar surface area (TPSA) is 70.1 Å². The van der Waals surface area contributed by atoms with E-state index in [1.54, 1.807) is 42.5 Å². The van der Waals surface area contributed by atoms with Gasteiger partial charge >= 0.3 is 12.3 Å². The molecule has 168 valence electrons. The number of cyclic esters (lactones) is 1. The number of benzene rings is 1. The fourth-order valence-corrected chi connectivity index (χ4v) is 3.02. The number of amides is 1. The van der Waals surface area contributed by atoms with Crippen LogP contribution in [0.15, 0.2) is 48.7 Å². The Labute approximate surface area is 177 Å². The Hall–Kier alpha value is -2.85. The minimum Gasteiger partial charge on any atom is -0.493 e. The summed E-state index contributed by atoms with van der Waals surface area (Å²) >= 11 is 0. The third kappa shape index (κ3) is 6.56. The van der Waals surface area contributed by atoms with Gasteiger partial charge in [-0.3, -0.25) is 9.88 Å². The molecule has 2 aromatic rings. The van der Waals surface area contributed by atoms with Gasteiger partial charge in [0.2, 0.25) is 0 Å². The number of carbonyl (C=O) groups is 1. The number of alkyl halides is 3. The molecule has 0 aliphatic carbocycles. The largest absolute Gasteiger partial charge is 0.493 e. The SMILES string of the molecule is COC[C@H]1CN(c2ccc(OCC[C@@H](OCc3ccccn3)C(F)(F)F)cc2)C(=O)O1. The Kier molecular flexibility index (Phi) is 7.69. The van der Waals surface area contributed by atoms with Crippen LogP contribution in [0.3, 0.4) is 0 Å². The van der Waals surface area contributed by atoms with E-state index in [0.717, 1.165) is 0 Å². The van der Waals surface area contributed by atoms with E-state index in [-0.39, 0.29) is 25.7 Å². The molecule has 0 saturated carbocycles. The number of pyridine rings is 1. The molecule has 0 radical (unpaired) electrons. The van der Waals surface area contributed by atoms with Crippen LogP contribution in [0.25, 0.3) is 0 Å². The highest BCUT2D eigenvalue weighted by Crippen LogP contribution is 2.27. The van der Waals surface area contributed by atoms with Gasteiger partial charge in [-0.05, 0) is 36.4 Å². The van der Waals surface area contributed by atoms with Gasteiger partial charge in [0.1, 0.15) is 11.9 Å². The Morgan fingerprint density at radius 2 is 2.00 bits per heavy atom. The summed E-state index contributed by atoms with van der Waals surface area (Å²) in [6, 6.07) is 11.4. The van der Waals surface area contributed by atoms with E-state index >= 15 is 0 Å². The molecule has 0 bridgehead atoms. The summed E-state index contributed by atoms with van der Waals surface area (Å²) in [5.74, 6) is 0.385. The average Bonchev–Trinajstić information content (AvgIpc) is 3.11. The molecule has 1 amide bonds. The zero-order valence-corrected chi connectivity index (χ0v) is 16.9. The molecule has 10 heteroatoms. The third-order valence-corrected chi connectivity index (χ3v) is 4.55. The summed E-state index contributed by atoms with van der Waals surface area (Å²) < 4.78 is 60.3. The summed E-state index contributed by atoms with van der Waals surface area (Å²) in [4.78, 5) is 17.4. The van der Waals surface area contributed by atoms with Crippen LogP contribution in [-0.4, -0.2) is 56.3 Å². The van der Waals surface area contributed by atoms with E-state index < -0.39 is 18.4 Å². The van der Waals surface area contributed by atoms with Crippen molar-refractivity contribution < 1.29 is 36.9 Å². The van der Waals surface area contributed by atoms with Gasteiger partial charge in [0.05, 0.1) is 32.1 Å². The molecule has 1 saturated heterocycles. The highest BCUT2D eigenvalue weighted by atomic mass is 19.4. The van der Waals surface area contributed by atoms with E-state index in [1.807, 2.05) is 0 Å². The van der Waals surface area contributed by atoms with Crippen molar-refractivity contribution in [3.05, 3.63) is 54.4 Å². The predicted octanol–water partition coefficient (Wildman–Crippen LogP) is 3.97. The third-order valence-electron chi connectivity index (χ3n) is 4.55. The predicted molar refractivity (Wildman–Crippen MR) is 105 cm³/mol. The van der Waals surface area contributed by atoms with Gasteiger partial charge in [-0.1, -0.05) is 6.07 Å². The molecule has 1 aliphatic rings. The lowest BCUT2D eigenvalue weighted by atomic mass is 10.2. The normalized spacial score (nSPS) is 17.5. The highest BCUT2D eigenvalue weighted by Gasteiger charge is 2.40. The molecule has 0 unspecified atom stereocenters. The highest BCUT2D eigenvalue weighted by molar-refractivity contribution is 5.89. The van der Waals surface area contributed by atoms with Crippen LogP contribution in [-0.2, 0) is 20.8 Å². The molecular formula is C21H23F3N2O5.